The van der Waals surface area contributed by atoms with E-state index < -0.39 is 20.9 Å². The molecule has 1 aliphatic rings. The summed E-state index contributed by atoms with van der Waals surface area (Å²) >= 11 is 5.10. The van der Waals surface area contributed by atoms with Crippen LogP contribution in [0.2, 0.25) is 0 Å². The highest BCUT2D eigenvalue weighted by Crippen LogP contribution is 2.19. The summed E-state index contributed by atoms with van der Waals surface area (Å²) < 4.78 is 31.8. The van der Waals surface area contributed by atoms with Crippen molar-refractivity contribution in [3.8, 4) is 0 Å². The number of nitrogens with zero attached hydrogens (tertiary/aromatic N) is 2. The molecule has 0 aliphatic carbocycles. The second-order valence-corrected chi connectivity index (χ2v) is 8.60. The zero-order valence-electron chi connectivity index (χ0n) is 15.6. The van der Waals surface area contributed by atoms with E-state index in [1.54, 1.807) is 0 Å². The number of carbonyl (C=O) groups excluding carboxylic acids is 1. The van der Waals surface area contributed by atoms with E-state index >= 15 is 0 Å². The molecule has 0 atom stereocenters. The molecule has 1 saturated heterocycles. The van der Waals surface area contributed by atoms with Gasteiger partial charge in [0.15, 0.2) is 5.11 Å². The van der Waals surface area contributed by atoms with Crippen LogP contribution in [0.25, 0.3) is 0 Å². The molecule has 0 spiro atoms. The zero-order chi connectivity index (χ0) is 21.7. The molecule has 2 aromatic carbocycles. The van der Waals surface area contributed by atoms with Gasteiger partial charge in [-0.25, -0.2) is 8.42 Å². The fourth-order valence-corrected chi connectivity index (χ4v) is 4.34. The van der Waals surface area contributed by atoms with Gasteiger partial charge in [-0.3, -0.25) is 20.2 Å². The Bertz CT molecular complexity index is 1050. The Morgan fingerprint density at radius 2 is 1.67 bits per heavy atom. The minimum absolute atomic E-state index is 0.00198. The number of carbonyl (C=O) groups is 1. The third-order valence-corrected chi connectivity index (χ3v) is 6.40. The number of hydrogen-bond donors (Lipinski definition) is 2. The minimum Gasteiger partial charge on any atom is -0.379 e. The van der Waals surface area contributed by atoms with Crippen molar-refractivity contribution >= 4 is 44.6 Å². The Labute approximate surface area is 178 Å². The first-order chi connectivity index (χ1) is 14.3. The first-order valence-corrected chi connectivity index (χ1v) is 10.7. The van der Waals surface area contributed by atoms with E-state index in [0.717, 1.165) is 0 Å². The fourth-order valence-electron chi connectivity index (χ4n) is 2.72. The van der Waals surface area contributed by atoms with Crippen molar-refractivity contribution in [1.82, 2.24) is 9.62 Å². The van der Waals surface area contributed by atoms with Crippen LogP contribution in [0.5, 0.6) is 0 Å². The smallest absolute Gasteiger partial charge is 0.269 e. The number of sulfonamides is 1. The van der Waals surface area contributed by atoms with Gasteiger partial charge in [0.2, 0.25) is 10.0 Å². The molecule has 2 N–H and O–H groups in total. The molecule has 0 saturated carbocycles. The van der Waals surface area contributed by atoms with Gasteiger partial charge in [-0.2, -0.15) is 4.31 Å². The Kier molecular flexibility index (Phi) is 6.72. The number of ether oxygens (including phenoxy) is 1. The Balaban J connectivity index is 1.60. The lowest BCUT2D eigenvalue weighted by Gasteiger charge is -2.26. The molecular weight excluding hydrogens is 432 g/mol. The molecule has 0 unspecified atom stereocenters. The summed E-state index contributed by atoms with van der Waals surface area (Å²) in [6, 6.07) is 11.1. The number of benzene rings is 2. The average molecular weight is 450 g/mol. The summed E-state index contributed by atoms with van der Waals surface area (Å²) in [4.78, 5) is 22.4. The van der Waals surface area contributed by atoms with Gasteiger partial charge in [0, 0.05) is 36.5 Å². The van der Waals surface area contributed by atoms with Gasteiger partial charge in [0.1, 0.15) is 0 Å². The predicted octanol–water partition coefficient (Wildman–Crippen LogP) is 1.74. The van der Waals surface area contributed by atoms with Crippen LogP contribution in [0, 0.1) is 10.1 Å². The molecule has 12 heteroatoms. The standard InChI is InChI=1S/C18H18N4O6S2/c23-17(13-1-5-15(6-2-13)22(24)25)20-18(29)19-14-3-7-16(8-4-14)30(26,27)21-9-11-28-12-10-21/h1-8H,9-12H2,(H2,19,20,23,29). The van der Waals surface area contributed by atoms with E-state index in [4.69, 9.17) is 17.0 Å². The van der Waals surface area contributed by atoms with Crippen LogP contribution in [0.3, 0.4) is 0 Å². The van der Waals surface area contributed by atoms with E-state index in [-0.39, 0.29) is 21.3 Å². The van der Waals surface area contributed by atoms with Crippen LogP contribution in [-0.4, -0.2) is 55.0 Å². The van der Waals surface area contributed by atoms with E-state index in [2.05, 4.69) is 10.6 Å². The highest BCUT2D eigenvalue weighted by atomic mass is 32.2. The highest BCUT2D eigenvalue weighted by Gasteiger charge is 2.26. The maximum absolute atomic E-state index is 12.6. The Morgan fingerprint density at radius 3 is 2.23 bits per heavy atom. The van der Waals surface area contributed by atoms with Crippen LogP contribution in [0.4, 0.5) is 11.4 Å². The van der Waals surface area contributed by atoms with Crippen LogP contribution in [0.1, 0.15) is 10.4 Å². The normalized spacial score (nSPS) is 14.7. The molecule has 1 fully saturated rings. The van der Waals surface area contributed by atoms with Gasteiger partial charge in [-0.05, 0) is 48.6 Å². The summed E-state index contributed by atoms with van der Waals surface area (Å²) in [5.74, 6) is -0.533. The van der Waals surface area contributed by atoms with Crippen molar-refractivity contribution in [1.29, 1.82) is 0 Å². The number of amides is 1. The van der Waals surface area contributed by atoms with Crippen LogP contribution < -0.4 is 10.6 Å². The first kappa shape index (κ1) is 21.8. The van der Waals surface area contributed by atoms with Gasteiger partial charge < -0.3 is 10.1 Å². The molecule has 0 radical (unpaired) electrons. The largest absolute Gasteiger partial charge is 0.379 e. The second-order valence-electron chi connectivity index (χ2n) is 6.25. The summed E-state index contributed by atoms with van der Waals surface area (Å²) in [6.07, 6.45) is 0. The fraction of sp³-hybridized carbons (Fsp3) is 0.222. The number of nitrogens with one attached hydrogen (secondary N) is 2. The SMILES string of the molecule is O=C(NC(=S)Nc1ccc(S(=O)(=O)N2CCOCC2)cc1)c1ccc([N+](=O)[O-])cc1. The van der Waals surface area contributed by atoms with Gasteiger partial charge in [0.25, 0.3) is 11.6 Å². The molecule has 30 heavy (non-hydrogen) atoms. The number of morpholine rings is 1. The number of thiocarbonyl (C=S) groups is 1. The minimum atomic E-state index is -3.60. The summed E-state index contributed by atoms with van der Waals surface area (Å²) in [5.41, 5.74) is 0.570. The molecule has 158 valence electrons. The molecule has 2 aromatic rings. The van der Waals surface area contributed by atoms with Crippen molar-refractivity contribution < 1.29 is 22.9 Å². The molecule has 0 aromatic heterocycles. The second kappa shape index (κ2) is 9.26. The lowest BCUT2D eigenvalue weighted by atomic mass is 10.2. The van der Waals surface area contributed by atoms with Crippen molar-refractivity contribution in [3.63, 3.8) is 0 Å². The van der Waals surface area contributed by atoms with Crippen LogP contribution in [-0.2, 0) is 14.8 Å². The first-order valence-electron chi connectivity index (χ1n) is 8.82. The molecule has 1 aliphatic heterocycles. The quantitative estimate of drug-likeness (QED) is 0.400. The van der Waals surface area contributed by atoms with Crippen molar-refractivity contribution in [2.45, 2.75) is 4.90 Å². The van der Waals surface area contributed by atoms with E-state index in [1.807, 2.05) is 0 Å². The monoisotopic (exact) mass is 450 g/mol. The number of nitro groups is 1. The zero-order valence-corrected chi connectivity index (χ0v) is 17.2. The Hall–Kier alpha value is -2.93. The lowest BCUT2D eigenvalue weighted by Crippen LogP contribution is -2.40. The number of nitro benzene ring substituents is 1. The number of hydrogen-bond acceptors (Lipinski definition) is 7. The lowest BCUT2D eigenvalue weighted by molar-refractivity contribution is -0.384. The highest BCUT2D eigenvalue weighted by molar-refractivity contribution is 7.89. The maximum atomic E-state index is 12.6. The molecular formula is C18H18N4O6S2. The van der Waals surface area contributed by atoms with Gasteiger partial charge in [0.05, 0.1) is 23.0 Å². The van der Waals surface area contributed by atoms with Crippen molar-refractivity contribution in [3.05, 3.63) is 64.2 Å². The summed E-state index contributed by atoms with van der Waals surface area (Å²) in [7, 11) is -3.60. The van der Waals surface area contributed by atoms with Crippen LogP contribution in [0.15, 0.2) is 53.4 Å². The third-order valence-electron chi connectivity index (χ3n) is 4.29. The van der Waals surface area contributed by atoms with E-state index in [0.29, 0.717) is 32.0 Å². The predicted molar refractivity (Wildman–Crippen MR) is 113 cm³/mol. The average Bonchev–Trinajstić information content (AvgIpc) is 2.74. The van der Waals surface area contributed by atoms with Crippen LogP contribution >= 0.6 is 12.2 Å². The molecule has 0 bridgehead atoms. The topological polar surface area (TPSA) is 131 Å². The molecule has 1 heterocycles. The number of anilines is 1. The van der Waals surface area contributed by atoms with Gasteiger partial charge in [-0.15, -0.1) is 0 Å². The molecule has 10 nitrogen and oxygen atoms in total. The molecule has 3 rings (SSSR count). The Morgan fingerprint density at radius 1 is 1.07 bits per heavy atom. The van der Waals surface area contributed by atoms with Gasteiger partial charge in [-0.1, -0.05) is 0 Å². The van der Waals surface area contributed by atoms with E-state index in [9.17, 15) is 23.3 Å². The number of rotatable bonds is 5. The maximum Gasteiger partial charge on any atom is 0.269 e. The van der Waals surface area contributed by atoms with Crippen molar-refractivity contribution in [2.24, 2.45) is 0 Å². The summed E-state index contributed by atoms with van der Waals surface area (Å²) in [6.45, 7) is 1.34. The third kappa shape index (κ3) is 5.16. The summed E-state index contributed by atoms with van der Waals surface area (Å²) in [5, 5.41) is 15.9. The van der Waals surface area contributed by atoms with E-state index in [1.165, 1.54) is 52.8 Å². The number of non-ortho nitro benzene ring substituents is 1. The van der Waals surface area contributed by atoms with Gasteiger partial charge >= 0.3 is 0 Å². The molecule has 1 amide bonds. The van der Waals surface area contributed by atoms with Crippen molar-refractivity contribution in [2.75, 3.05) is 31.6 Å².